The number of para-hydroxylation sites is 10. The molecule has 109 heavy (non-hydrogen) atoms. The Hall–Kier alpha value is -12.8. The number of thiophene rings is 2. The van der Waals surface area contributed by atoms with Gasteiger partial charge in [0.1, 0.15) is 52.0 Å². The van der Waals surface area contributed by atoms with Crippen molar-refractivity contribution in [2.24, 2.45) is 0 Å². The molecule has 21 rings (SSSR count). The first-order chi connectivity index (χ1) is 53.4. The van der Waals surface area contributed by atoms with Gasteiger partial charge in [-0.2, -0.15) is 22.7 Å². The molecule has 0 spiro atoms. The first-order valence-electron chi connectivity index (χ1n) is 35.9. The van der Waals surface area contributed by atoms with Gasteiger partial charge >= 0.3 is 0 Å². The monoisotopic (exact) mass is 1460 g/mol. The smallest absolute Gasteiger partial charge is 0.281 e. The Bertz CT molecular complexity index is 6220. The summed E-state index contributed by atoms with van der Waals surface area (Å²) in [6, 6.07) is 88.6. The lowest BCUT2D eigenvalue weighted by molar-refractivity contribution is 0.490. The van der Waals surface area contributed by atoms with E-state index in [-0.39, 0.29) is 11.4 Å². The zero-order valence-corrected chi connectivity index (χ0v) is 60.1. The molecule has 15 aromatic rings. The predicted octanol–water partition coefficient (Wildman–Crippen LogP) is 18.5. The second-order valence-electron chi connectivity index (χ2n) is 28.0. The van der Waals surface area contributed by atoms with Crippen LogP contribution in [-0.4, -0.2) is 41.3 Å². The molecule has 0 amide bonds. The van der Waals surface area contributed by atoms with Crippen LogP contribution in [0.3, 0.4) is 0 Å². The summed E-state index contributed by atoms with van der Waals surface area (Å²) in [5.74, 6) is -2.72. The van der Waals surface area contributed by atoms with Gasteiger partial charge in [-0.3, -0.25) is 0 Å². The lowest BCUT2D eigenvalue weighted by Crippen LogP contribution is -2.60. The Morgan fingerprint density at radius 1 is 0.275 bits per heavy atom. The van der Waals surface area contributed by atoms with Crippen molar-refractivity contribution in [1.29, 1.82) is 0 Å². The molecule has 6 aliphatic heterocycles. The van der Waals surface area contributed by atoms with Crippen molar-refractivity contribution in [2.45, 2.75) is 0 Å². The Labute approximate surface area is 633 Å². The zero-order valence-electron chi connectivity index (χ0n) is 58.5. The molecule has 6 aliphatic rings. The van der Waals surface area contributed by atoms with Gasteiger partial charge in [-0.25, -0.2) is 26.3 Å². The normalized spacial score (nSPS) is 13.5. The Balaban J connectivity index is 0.839. The van der Waals surface area contributed by atoms with E-state index in [0.717, 1.165) is 103 Å². The van der Waals surface area contributed by atoms with Crippen LogP contribution < -0.4 is 90.4 Å². The summed E-state index contributed by atoms with van der Waals surface area (Å²) < 4.78 is 114. The number of nitrogens with zero attached hydrogens (tertiary/aromatic N) is 8. The molecule has 13 aromatic carbocycles. The Kier molecular flexibility index (Phi) is 14.6. The van der Waals surface area contributed by atoms with E-state index in [9.17, 15) is 0 Å². The van der Waals surface area contributed by atoms with Crippen molar-refractivity contribution >= 4 is 209 Å². The minimum atomic E-state index is -0.771. The lowest BCUT2D eigenvalue weighted by atomic mass is 9.35. The van der Waals surface area contributed by atoms with Crippen LogP contribution in [0.25, 0.3) is 0 Å². The fraction of sp³-hybridized carbons (Fsp3) is 0.0337. The molecule has 522 valence electrons. The minimum absolute atomic E-state index is 0.272. The topological polar surface area (TPSA) is 35.2 Å². The van der Waals surface area contributed by atoms with Crippen molar-refractivity contribution < 1.29 is 31.1 Å². The van der Waals surface area contributed by atoms with Gasteiger partial charge in [-0.15, -0.1) is 0 Å². The van der Waals surface area contributed by atoms with Crippen LogP contribution in [0.1, 0.15) is 0 Å². The molecular weight excluding hydrogens is 1410 g/mol. The highest BCUT2D eigenvalue weighted by atomic mass is 32.1. The van der Waals surface area contributed by atoms with Crippen LogP contribution in [0.4, 0.5) is 146 Å². The zero-order chi connectivity index (χ0) is 73.4. The highest BCUT2D eigenvalue weighted by Gasteiger charge is 2.54. The standard InChI is InChI=1S/C89H57B3F6N8OS2/c1-99-71-46-56(103(54-30-12-6-13-31-54)80-63(95)38-24-39-64(80)96)49-74-77(71)90(59-34-16-20-42-67(59)105(74)69-44-22-18-36-61(69)93)86-82(99)83-87(108-86)92-79-73(100(83)2)48-58(102(52-26-8-4-9-27-52)53-28-10-5-11-29-53)51-76(79)107-85-84-88(109-89(85)92)91-60-35-17-21-43-68(60)106(70-45-23-19-37-62(70)94)75-50-57(47-72(78(75)91)101(84)3)104(55-32-14-7-15-33-55)81-65(97)40-25-41-66(81)98/h4-51H,1-3H3. The van der Waals surface area contributed by atoms with Crippen LogP contribution >= 0.6 is 22.7 Å². The molecule has 8 heterocycles. The molecule has 0 radical (unpaired) electrons. The number of rotatable bonds is 11. The van der Waals surface area contributed by atoms with Crippen LogP contribution in [0.5, 0.6) is 11.5 Å². The van der Waals surface area contributed by atoms with Crippen LogP contribution in [0.2, 0.25) is 0 Å². The molecule has 0 saturated carbocycles. The fourth-order valence-electron chi connectivity index (χ4n) is 17.7. The molecule has 0 atom stereocenters. The van der Waals surface area contributed by atoms with E-state index in [1.807, 2.05) is 187 Å². The van der Waals surface area contributed by atoms with Gasteiger partial charge in [0.2, 0.25) is 0 Å². The lowest BCUT2D eigenvalue weighted by Gasteiger charge is -2.44. The maximum Gasteiger partial charge on any atom is 0.281 e. The van der Waals surface area contributed by atoms with Crippen molar-refractivity contribution in [2.75, 3.05) is 60.3 Å². The second-order valence-corrected chi connectivity index (χ2v) is 30.1. The Morgan fingerprint density at radius 3 is 1.03 bits per heavy atom. The molecule has 0 bridgehead atoms. The highest BCUT2D eigenvalue weighted by molar-refractivity contribution is 7.44. The molecule has 0 saturated heterocycles. The van der Waals surface area contributed by atoms with Crippen LogP contribution in [0.15, 0.2) is 291 Å². The molecule has 2 aromatic heterocycles. The third-order valence-corrected chi connectivity index (χ3v) is 24.8. The van der Waals surface area contributed by atoms with E-state index < -0.39 is 55.0 Å². The minimum Gasteiger partial charge on any atom is -0.455 e. The number of hydrogen-bond acceptors (Lipinski definition) is 11. The summed E-state index contributed by atoms with van der Waals surface area (Å²) >= 11 is 3.43. The number of halogens is 6. The summed E-state index contributed by atoms with van der Waals surface area (Å²) in [5.41, 5.74) is 16.8. The van der Waals surface area contributed by atoms with Gasteiger partial charge in [0.05, 0.1) is 45.5 Å². The molecule has 20 heteroatoms. The number of ether oxygens (including phenoxy) is 1. The van der Waals surface area contributed by atoms with E-state index in [2.05, 4.69) is 82.2 Å². The number of anilines is 21. The molecule has 0 N–H and O–H groups in total. The first kappa shape index (κ1) is 64.6. The van der Waals surface area contributed by atoms with E-state index in [1.165, 1.54) is 48.5 Å². The average molecular weight is 1470 g/mol. The largest absolute Gasteiger partial charge is 0.455 e. The van der Waals surface area contributed by atoms with Crippen LogP contribution in [-0.2, 0) is 0 Å². The molecule has 0 aliphatic carbocycles. The third kappa shape index (κ3) is 9.50. The molecule has 0 fully saturated rings. The van der Waals surface area contributed by atoms with Gasteiger partial charge in [0, 0.05) is 109 Å². The van der Waals surface area contributed by atoms with Gasteiger partial charge in [0.15, 0.2) is 5.75 Å². The van der Waals surface area contributed by atoms with Crippen LogP contribution in [0, 0.1) is 34.9 Å². The second kappa shape index (κ2) is 24.6. The Morgan fingerprint density at radius 2 is 0.596 bits per heavy atom. The summed E-state index contributed by atoms with van der Waals surface area (Å²) in [6.07, 6.45) is 0. The predicted molar refractivity (Wildman–Crippen MR) is 439 cm³/mol. The SMILES string of the molecule is CN1c2cc(N(c3ccccc3)c3c(F)cccc3F)cc3c2B(c2ccccc2N3c2ccccc2F)c2sc3c(c21)Oc1cc(N(c2ccccc2)c2ccccc2)cc2c1B3c1sc3c(c1N2C)N(C)c1cc(N(c2ccccc2)c2c(F)cccc2F)cc2c1B3c1ccccc1N2c1ccccc1F. The maximum absolute atomic E-state index is 17.1. The van der Waals surface area contributed by atoms with Gasteiger partial charge in [0.25, 0.3) is 20.1 Å². The summed E-state index contributed by atoms with van der Waals surface area (Å²) in [6.45, 7) is -1.45. The van der Waals surface area contributed by atoms with Gasteiger partial charge in [-0.1, -0.05) is 146 Å². The highest BCUT2D eigenvalue weighted by Crippen LogP contribution is 2.55. The van der Waals surface area contributed by atoms with E-state index in [4.69, 9.17) is 4.74 Å². The molecule has 0 unspecified atom stereocenters. The molecule has 9 nitrogen and oxygen atoms in total. The maximum atomic E-state index is 17.1. The average Bonchev–Trinajstić information content (AvgIpc) is 1.58. The van der Waals surface area contributed by atoms with Gasteiger partial charge in [-0.05, 0) is 167 Å². The summed E-state index contributed by atoms with van der Waals surface area (Å²) in [7, 11) is 6.21. The van der Waals surface area contributed by atoms with E-state index in [0.29, 0.717) is 62.7 Å². The van der Waals surface area contributed by atoms with Crippen molar-refractivity contribution in [3.63, 3.8) is 0 Å². The van der Waals surface area contributed by atoms with Crippen molar-refractivity contribution in [3.05, 3.63) is 326 Å². The number of benzene rings is 13. The van der Waals surface area contributed by atoms with Gasteiger partial charge < -0.3 is 43.9 Å². The van der Waals surface area contributed by atoms with E-state index >= 15 is 26.3 Å². The first-order valence-corrected chi connectivity index (χ1v) is 37.5. The number of fused-ring (bicyclic) bond motifs is 14. The molecular formula is C89H57B3F6N8OS2. The van der Waals surface area contributed by atoms with Crippen molar-refractivity contribution in [3.8, 4) is 11.5 Å². The fourth-order valence-corrected chi connectivity index (χ4v) is 20.9. The quantitative estimate of drug-likeness (QED) is 0.0929. The van der Waals surface area contributed by atoms with Crippen molar-refractivity contribution in [1.82, 2.24) is 0 Å². The number of hydrogen-bond donors (Lipinski definition) is 0. The summed E-state index contributed by atoms with van der Waals surface area (Å²) in [5, 5.41) is 0. The van der Waals surface area contributed by atoms with E-state index in [1.54, 1.807) is 56.7 Å². The summed E-state index contributed by atoms with van der Waals surface area (Å²) in [4.78, 5) is 16.0. The third-order valence-electron chi connectivity index (χ3n) is 22.2.